The maximum atomic E-state index is 12.2. The number of nitrogens with one attached hydrogen (secondary N) is 2. The van der Waals surface area contributed by atoms with Gasteiger partial charge in [0.15, 0.2) is 24.9 Å². The van der Waals surface area contributed by atoms with E-state index in [1.807, 2.05) is 34.7 Å². The number of fused-ring (bicyclic) bond motifs is 2. The van der Waals surface area contributed by atoms with Gasteiger partial charge in [-0.05, 0) is 83.5 Å². The summed E-state index contributed by atoms with van der Waals surface area (Å²) >= 11 is 2.01. The van der Waals surface area contributed by atoms with Gasteiger partial charge in [0.05, 0.1) is 46.2 Å². The first-order valence-corrected chi connectivity index (χ1v) is 41.8. The van der Waals surface area contributed by atoms with Crippen LogP contribution in [0.4, 0.5) is 4.79 Å². The Hall–Kier alpha value is -6.10. The van der Waals surface area contributed by atoms with Gasteiger partial charge in [0.1, 0.15) is 85.2 Å². The average molecular weight is 1930 g/mol. The van der Waals surface area contributed by atoms with Crippen LogP contribution in [0.5, 0.6) is 0 Å². The number of hydrogen-bond donors (Lipinski definition) is 19. The second-order valence-electron chi connectivity index (χ2n) is 26.3. The summed E-state index contributed by atoms with van der Waals surface area (Å²) in [5.41, 5.74) is 13.7. The van der Waals surface area contributed by atoms with Crippen LogP contribution in [-0.2, 0) is 90.1 Å². The number of benzene rings is 3. The van der Waals surface area contributed by atoms with Crippen molar-refractivity contribution in [2.24, 2.45) is 17.4 Å². The summed E-state index contributed by atoms with van der Waals surface area (Å²) in [6.45, 7) is 2.39. The number of aliphatic hydroxyl groups excluding tert-OH is 11. The molecule has 10 aliphatic rings. The van der Waals surface area contributed by atoms with Gasteiger partial charge >= 0.3 is 29.5 Å². The largest absolute Gasteiger partial charge is 0.505 e. The van der Waals surface area contributed by atoms with Gasteiger partial charge in [-0.2, -0.15) is 8.62 Å². The SMILES string of the molecule is C.C.C=COC.CC(=O)CC#CC1=CN(C2OC(CO)C(O)C2O)C(=O)CC1N.NC1CC(=O)N(C2OC(CO)C(O)C2O)C=C1I.O=C1CC2CC=CC2=CN1C1OC(CO)C(O)C1O.O=C1NC2NC=CC2=CN1C1OC(COP(=O)(O)OP(=O)(O)OP(=O)(O)O)C(O)C1O.[Pd].c1ccc(P(c2ccccc2)c2ccccc2)cc1. The van der Waals surface area contributed by atoms with E-state index in [-0.39, 0.29) is 90.0 Å². The summed E-state index contributed by atoms with van der Waals surface area (Å²) in [6, 6.07) is 30.7. The van der Waals surface area contributed by atoms with Crippen LogP contribution < -0.4 is 38.0 Å². The van der Waals surface area contributed by atoms with Crippen LogP contribution in [0.1, 0.15) is 53.9 Å². The van der Waals surface area contributed by atoms with Crippen LogP contribution in [0.15, 0.2) is 173 Å². The van der Waals surface area contributed by atoms with Gasteiger partial charge in [0, 0.05) is 91.3 Å². The Bertz CT molecular complexity index is 4150. The number of methoxy groups -OCH3 is 1. The van der Waals surface area contributed by atoms with Crippen molar-refractivity contribution < 1.29 is 171 Å². The molecule has 9 aliphatic heterocycles. The number of phosphoric acid groups is 3. The Kier molecular flexibility index (Phi) is 40.1. The van der Waals surface area contributed by atoms with Gasteiger partial charge in [-0.1, -0.05) is 136 Å². The van der Waals surface area contributed by atoms with Gasteiger partial charge in [-0.25, -0.2) is 18.5 Å². The number of ketones is 1. The van der Waals surface area contributed by atoms with E-state index in [1.54, 1.807) is 25.6 Å². The molecule has 0 radical (unpaired) electrons. The van der Waals surface area contributed by atoms with E-state index >= 15 is 0 Å². The quantitative estimate of drug-likeness (QED) is 0.0221. The van der Waals surface area contributed by atoms with E-state index in [1.165, 1.54) is 57.5 Å². The van der Waals surface area contributed by atoms with Crippen molar-refractivity contribution in [3.63, 3.8) is 0 Å². The van der Waals surface area contributed by atoms with Crippen LogP contribution in [0.3, 0.4) is 0 Å². The van der Waals surface area contributed by atoms with Crippen molar-refractivity contribution in [1.82, 2.24) is 30.2 Å². The molecule has 4 fully saturated rings. The van der Waals surface area contributed by atoms with Gasteiger partial charge < -0.3 is 122 Å². The van der Waals surface area contributed by atoms with E-state index in [0.717, 1.165) is 25.4 Å². The molecule has 3 aromatic rings. The zero-order valence-electron chi connectivity index (χ0n) is 61.1. The first-order chi connectivity index (χ1) is 53.9. The first-order valence-electron chi connectivity index (χ1n) is 34.9. The third kappa shape index (κ3) is 27.2. The number of urea groups is 1. The predicted octanol–water partition coefficient (Wildman–Crippen LogP) is -1.15. The summed E-state index contributed by atoms with van der Waals surface area (Å²) in [5.74, 6) is 4.76. The third-order valence-corrected chi connectivity index (χ3v) is 25.4. The number of hydrogen-bond acceptors (Lipinski definition) is 30. The molecule has 39 nitrogen and oxygen atoms in total. The number of amides is 5. The van der Waals surface area contributed by atoms with Crippen LogP contribution >= 0.6 is 54.0 Å². The number of phosphoric ester groups is 1. The number of nitrogens with zero attached hydrogens (tertiary/aromatic N) is 4. The number of carbonyl (C=O) groups excluding carboxylic acids is 5. The van der Waals surface area contributed by atoms with Crippen molar-refractivity contribution in [3.05, 3.63) is 173 Å². The molecule has 0 saturated carbocycles. The van der Waals surface area contributed by atoms with Gasteiger partial charge in [-0.15, -0.1) is 0 Å². The Balaban J connectivity index is 0.000000259. The monoisotopic (exact) mass is 1930 g/mol. The van der Waals surface area contributed by atoms with E-state index in [9.17, 15) is 83.4 Å². The van der Waals surface area contributed by atoms with Crippen molar-refractivity contribution in [2.75, 3.05) is 33.5 Å². The number of ether oxygens (including phenoxy) is 5. The summed E-state index contributed by atoms with van der Waals surface area (Å²) in [4.78, 5) is 99.4. The molecular weight excluding hydrogens is 1830 g/mol. The summed E-state index contributed by atoms with van der Waals surface area (Å²) < 4.78 is 71.6. The van der Waals surface area contributed by atoms with Crippen LogP contribution in [0.2, 0.25) is 0 Å². The van der Waals surface area contributed by atoms with Gasteiger partial charge in [-0.3, -0.25) is 43.3 Å². The molecule has 650 valence electrons. The molecule has 117 heavy (non-hydrogen) atoms. The standard InChI is InChI=1S/C18H15P.C15H20N2O6.C13H17NO5.C11H18N3O14P3.C10H15IN2O5.C3H6O.2CH4.Pd/c1-4-10-16(11-5-1)19(17-12-6-2-7-13-17)18-14-8-3-9-15-18;1-8(19)3-2-4-9-6-17(12(20)5-10(9)16)15-14(22)13(21)11(7-18)23-15;15-6-9-11(17)12(18)13(19-9)14-5-8-3-1-2-7(8)4-10(14)16;15-7-6(4-25-30(21,22)28-31(23,24)27-29(18,19)20)26-10(8(7)16)14-3-5-1-2-12-9(5)13-11(14)17;11-4-2-13(7(15)1-5(4)12)10-9(17)8(16)6(3-14)18-10;1-3-4-2;;;/h1-15H;6,10-11,13-15,18,21-22H,3,5,7,16H2,1H3;1,3,5,7,9,11-13,15,17-18H,2,4,6H2;1-3,6-10,12,15-16H,4H2,(H,13,17)(H,21,22)(H,23,24)(H2,18,19,20);2,5-6,8-10,14,16-17H,1,3,12H2;3H,1H2,2H3;2*1H4;. The van der Waals surface area contributed by atoms with Gasteiger partial charge in [0.25, 0.3) is 0 Å². The van der Waals surface area contributed by atoms with Crippen LogP contribution in [-0.4, -0.2) is 275 Å². The molecular formula is C72H99IN8O31P4Pd. The topological polar surface area (TPSA) is 603 Å². The van der Waals surface area contributed by atoms with Crippen molar-refractivity contribution in [3.8, 4) is 11.8 Å². The fourth-order valence-electron chi connectivity index (χ4n) is 12.4. The van der Waals surface area contributed by atoms with E-state index in [4.69, 9.17) is 60.4 Å². The Morgan fingerprint density at radius 1 is 0.598 bits per heavy atom. The summed E-state index contributed by atoms with van der Waals surface area (Å²) in [7, 11) is -15.6. The minimum atomic E-state index is -5.71. The van der Waals surface area contributed by atoms with E-state index < -0.39 is 174 Å². The molecule has 22 unspecified atom stereocenters. The zero-order chi connectivity index (χ0) is 83.7. The third-order valence-electron chi connectivity index (χ3n) is 18.1. The summed E-state index contributed by atoms with van der Waals surface area (Å²) in [6.07, 6.45) is -4.17. The second kappa shape index (κ2) is 46.2. The van der Waals surface area contributed by atoms with E-state index in [2.05, 4.69) is 138 Å². The molecule has 3 aromatic carbocycles. The fraction of sp³-hybridized carbons (Fsp3) is 0.458. The minimum Gasteiger partial charge on any atom is -0.505 e. The second-order valence-corrected chi connectivity index (χ2v) is 34.1. The van der Waals surface area contributed by atoms with E-state index in [0.29, 0.717) is 17.6 Å². The van der Waals surface area contributed by atoms with Gasteiger partial charge in [0.2, 0.25) is 17.7 Å². The first kappa shape index (κ1) is 101. The minimum absolute atomic E-state index is 0. The summed E-state index contributed by atoms with van der Waals surface area (Å²) in [5, 5.41) is 116. The molecule has 13 rings (SSSR count). The molecule has 9 heterocycles. The fourth-order valence-corrected chi connectivity index (χ4v) is 18.2. The van der Waals surface area contributed by atoms with Crippen molar-refractivity contribution in [2.45, 2.75) is 170 Å². The Labute approximate surface area is 702 Å². The maximum Gasteiger partial charge on any atom is 0.490 e. The molecule has 0 aromatic heterocycles. The number of carbonyl (C=O) groups is 5. The average Bonchev–Trinajstić information content (AvgIpc) is 1.64. The molecule has 21 N–H and O–H groups in total. The number of Topliss-reactive ketones (excluding diaryl/α,β-unsaturated/α-hetero) is 1. The molecule has 22 atom stereocenters. The number of nitrogens with two attached hydrogens (primary N) is 2. The molecule has 4 saturated heterocycles. The molecule has 1 aliphatic carbocycles. The smallest absolute Gasteiger partial charge is 0.490 e. The number of halogens is 1. The van der Waals surface area contributed by atoms with Crippen LogP contribution in [0, 0.1) is 17.8 Å². The molecule has 45 heteroatoms. The molecule has 0 spiro atoms. The Morgan fingerprint density at radius 2 is 1.01 bits per heavy atom. The number of rotatable bonds is 19. The van der Waals surface area contributed by atoms with Crippen molar-refractivity contribution >= 4 is 99.4 Å². The normalized spacial score (nSPS) is 30.8. The zero-order valence-corrected chi connectivity index (χ0v) is 68.4. The van der Waals surface area contributed by atoms with Crippen molar-refractivity contribution in [1.29, 1.82) is 0 Å². The number of aliphatic hydroxyl groups is 11. The van der Waals surface area contributed by atoms with Crippen LogP contribution in [0.25, 0.3) is 0 Å². The molecule has 0 bridgehead atoms. The Morgan fingerprint density at radius 3 is 1.44 bits per heavy atom. The molecule has 5 amide bonds. The predicted molar refractivity (Wildman–Crippen MR) is 423 cm³/mol. The number of allylic oxidation sites excluding steroid dienone is 3. The maximum absolute atomic E-state index is 12.2.